The van der Waals surface area contributed by atoms with Crippen molar-refractivity contribution in [2.75, 3.05) is 0 Å². The normalized spacial score (nSPS) is 14.1. The fourth-order valence-electron chi connectivity index (χ4n) is 4.28. The van der Waals surface area contributed by atoms with Crippen molar-refractivity contribution in [3.05, 3.63) is 47.4 Å². The lowest BCUT2D eigenvalue weighted by atomic mass is 9.86. The van der Waals surface area contributed by atoms with Gasteiger partial charge in [0.15, 0.2) is 11.3 Å². The summed E-state index contributed by atoms with van der Waals surface area (Å²) < 4.78 is 2.26. The lowest BCUT2D eigenvalue weighted by molar-refractivity contribution is 0.539. The molecule has 158 valence electrons. The maximum atomic E-state index is 5.19. The second-order valence-corrected chi connectivity index (χ2v) is 10.7. The van der Waals surface area contributed by atoms with Crippen LogP contribution in [0.4, 0.5) is 0 Å². The molecule has 1 unspecified atom stereocenters. The van der Waals surface area contributed by atoms with E-state index >= 15 is 0 Å². The first kappa shape index (κ1) is 20.8. The predicted octanol–water partition coefficient (Wildman–Crippen LogP) is 6.93. The second-order valence-electron chi connectivity index (χ2n) is 10.7. The summed E-state index contributed by atoms with van der Waals surface area (Å²) in [6, 6.07) is 10.7. The van der Waals surface area contributed by atoms with Crippen molar-refractivity contribution < 1.29 is 0 Å². The average molecular weight is 403 g/mol. The highest BCUT2D eigenvalue weighted by atomic mass is 15.1. The van der Waals surface area contributed by atoms with Crippen LogP contribution in [0, 0.1) is 0 Å². The van der Waals surface area contributed by atoms with Crippen molar-refractivity contribution in [2.45, 2.75) is 85.0 Å². The number of benzene rings is 1. The molecule has 4 rings (SSSR count). The maximum Gasteiger partial charge on any atom is 0.165 e. The third-order valence-corrected chi connectivity index (χ3v) is 5.93. The quantitative estimate of drug-likeness (QED) is 0.373. The van der Waals surface area contributed by atoms with Crippen LogP contribution < -0.4 is 0 Å². The van der Waals surface area contributed by atoms with Gasteiger partial charge in [0.25, 0.3) is 0 Å². The molecule has 4 nitrogen and oxygen atoms in total. The molecule has 0 spiro atoms. The van der Waals surface area contributed by atoms with Crippen LogP contribution >= 0.6 is 0 Å². The zero-order valence-corrected chi connectivity index (χ0v) is 19.7. The first-order valence-corrected chi connectivity index (χ1v) is 11.1. The summed E-state index contributed by atoms with van der Waals surface area (Å²) in [6.45, 7) is 17.9. The number of fused-ring (bicyclic) bond motifs is 5. The molecule has 30 heavy (non-hydrogen) atoms. The van der Waals surface area contributed by atoms with Crippen LogP contribution in [0.5, 0.6) is 0 Å². The largest absolute Gasteiger partial charge is 0.279 e. The molecule has 0 radical (unpaired) electrons. The molecule has 0 aliphatic heterocycles. The molecular weight excluding hydrogens is 368 g/mol. The molecule has 1 aromatic carbocycles. The summed E-state index contributed by atoms with van der Waals surface area (Å²) in [5.74, 6) is 1.43. The first-order chi connectivity index (χ1) is 14.0. The molecule has 3 heterocycles. The topological polar surface area (TPSA) is 43.1 Å². The highest BCUT2D eigenvalue weighted by molar-refractivity contribution is 5.97. The van der Waals surface area contributed by atoms with Crippen LogP contribution in [0.25, 0.3) is 27.7 Å². The Morgan fingerprint density at radius 1 is 0.933 bits per heavy atom. The number of para-hydroxylation sites is 2. The summed E-state index contributed by atoms with van der Waals surface area (Å²) in [7, 11) is 0. The summed E-state index contributed by atoms with van der Waals surface area (Å²) in [5.41, 5.74) is 6.17. The minimum absolute atomic E-state index is 0.0370. The van der Waals surface area contributed by atoms with E-state index in [0.717, 1.165) is 52.1 Å². The van der Waals surface area contributed by atoms with Crippen molar-refractivity contribution in [2.24, 2.45) is 0 Å². The zero-order valence-electron chi connectivity index (χ0n) is 19.7. The van der Waals surface area contributed by atoms with Crippen LogP contribution in [0.2, 0.25) is 0 Å². The lowest BCUT2D eigenvalue weighted by Crippen LogP contribution is -2.21. The van der Waals surface area contributed by atoms with Gasteiger partial charge in [-0.25, -0.2) is 15.0 Å². The molecule has 0 N–H and O–H groups in total. The van der Waals surface area contributed by atoms with E-state index < -0.39 is 0 Å². The molecule has 4 aromatic rings. The minimum atomic E-state index is -0.134. The molecular formula is C26H34N4. The first-order valence-electron chi connectivity index (χ1n) is 11.1. The van der Waals surface area contributed by atoms with Gasteiger partial charge in [-0.3, -0.25) is 4.40 Å². The SMILES string of the molecule is CCCC(C)c1cc(C(C)(C)C)nc2nc(C(C)(C)C)n3c4ccccc4nc3c12. The highest BCUT2D eigenvalue weighted by Crippen LogP contribution is 2.36. The fraction of sp³-hybridized carbons (Fsp3) is 0.500. The monoisotopic (exact) mass is 402 g/mol. The Kier molecular flexibility index (Phi) is 4.87. The van der Waals surface area contributed by atoms with Gasteiger partial charge in [-0.2, -0.15) is 0 Å². The Hall–Kier alpha value is -2.49. The van der Waals surface area contributed by atoms with Gasteiger partial charge in [0.2, 0.25) is 0 Å². The number of rotatable bonds is 3. The third kappa shape index (κ3) is 3.36. The molecule has 0 saturated heterocycles. The van der Waals surface area contributed by atoms with Crippen molar-refractivity contribution in [1.29, 1.82) is 0 Å². The van der Waals surface area contributed by atoms with Crippen molar-refractivity contribution >= 4 is 27.7 Å². The predicted molar refractivity (Wildman–Crippen MR) is 127 cm³/mol. The van der Waals surface area contributed by atoms with Crippen molar-refractivity contribution in [3.63, 3.8) is 0 Å². The van der Waals surface area contributed by atoms with E-state index in [0.29, 0.717) is 5.92 Å². The van der Waals surface area contributed by atoms with Crippen LogP contribution in [0.1, 0.15) is 91.2 Å². The number of nitrogens with zero attached hydrogens (tertiary/aromatic N) is 4. The summed E-state index contributed by atoms with van der Waals surface area (Å²) >= 11 is 0. The Morgan fingerprint density at radius 3 is 2.27 bits per heavy atom. The molecule has 0 amide bonds. The van der Waals surface area contributed by atoms with E-state index in [1.807, 2.05) is 0 Å². The van der Waals surface area contributed by atoms with Crippen LogP contribution in [-0.2, 0) is 10.8 Å². The summed E-state index contributed by atoms with van der Waals surface area (Å²) in [5, 5.41) is 1.10. The third-order valence-electron chi connectivity index (χ3n) is 5.93. The van der Waals surface area contributed by atoms with E-state index in [-0.39, 0.29) is 10.8 Å². The molecule has 0 saturated carbocycles. The van der Waals surface area contributed by atoms with Crippen molar-refractivity contribution in [3.8, 4) is 0 Å². The molecule has 4 heteroatoms. The standard InChI is InChI=1S/C26H34N4/c1-9-12-16(2)17-15-20(25(3,4)5)28-22-21(17)23-27-18-13-10-11-14-19(18)30(23)24(29-22)26(6,7)8/h10-11,13-16H,9,12H2,1-8H3. The Balaban J connectivity index is 2.24. The lowest BCUT2D eigenvalue weighted by Gasteiger charge is -2.25. The van der Waals surface area contributed by atoms with Crippen LogP contribution in [0.15, 0.2) is 30.3 Å². The van der Waals surface area contributed by atoms with Gasteiger partial charge >= 0.3 is 0 Å². The van der Waals surface area contributed by atoms with E-state index in [1.165, 1.54) is 5.56 Å². The van der Waals surface area contributed by atoms with Gasteiger partial charge in [-0.05, 0) is 36.1 Å². The van der Waals surface area contributed by atoms with E-state index in [9.17, 15) is 0 Å². The van der Waals surface area contributed by atoms with E-state index in [2.05, 4.69) is 90.1 Å². The number of imidazole rings is 1. The molecule has 1 atom stereocenters. The summed E-state index contributed by atoms with van der Waals surface area (Å²) in [4.78, 5) is 15.4. The van der Waals surface area contributed by atoms with Gasteiger partial charge in [0.05, 0.1) is 16.4 Å². The molecule has 0 aliphatic rings. The van der Waals surface area contributed by atoms with Gasteiger partial charge < -0.3 is 0 Å². The summed E-state index contributed by atoms with van der Waals surface area (Å²) in [6.07, 6.45) is 2.28. The Morgan fingerprint density at radius 2 is 1.63 bits per heavy atom. The van der Waals surface area contributed by atoms with Crippen LogP contribution in [-0.4, -0.2) is 19.4 Å². The van der Waals surface area contributed by atoms with Crippen molar-refractivity contribution in [1.82, 2.24) is 19.4 Å². The highest BCUT2D eigenvalue weighted by Gasteiger charge is 2.27. The van der Waals surface area contributed by atoms with Gasteiger partial charge in [-0.1, -0.05) is 73.9 Å². The molecule has 3 aromatic heterocycles. The van der Waals surface area contributed by atoms with Gasteiger partial charge in [-0.15, -0.1) is 0 Å². The maximum absolute atomic E-state index is 5.19. The zero-order chi connectivity index (χ0) is 21.8. The smallest absolute Gasteiger partial charge is 0.165 e. The number of hydrogen-bond acceptors (Lipinski definition) is 3. The average Bonchev–Trinajstić information content (AvgIpc) is 3.04. The van der Waals surface area contributed by atoms with E-state index in [4.69, 9.17) is 15.0 Å². The number of hydrogen-bond donors (Lipinski definition) is 0. The second kappa shape index (κ2) is 7.04. The molecule has 0 bridgehead atoms. The number of pyridine rings is 1. The molecule has 0 fully saturated rings. The van der Waals surface area contributed by atoms with Crippen LogP contribution in [0.3, 0.4) is 0 Å². The minimum Gasteiger partial charge on any atom is -0.279 e. The number of aromatic nitrogens is 4. The Bertz CT molecular complexity index is 1240. The Labute approximate surface area is 179 Å². The van der Waals surface area contributed by atoms with Gasteiger partial charge in [0, 0.05) is 16.5 Å². The van der Waals surface area contributed by atoms with E-state index in [1.54, 1.807) is 0 Å². The fourth-order valence-corrected chi connectivity index (χ4v) is 4.28. The molecule has 0 aliphatic carbocycles. The van der Waals surface area contributed by atoms with Gasteiger partial charge in [0.1, 0.15) is 5.82 Å².